The molecule has 0 bridgehead atoms. The minimum absolute atomic E-state index is 0.249. The fraction of sp³-hybridized carbons (Fsp3) is 0.273. The fourth-order valence-corrected chi connectivity index (χ4v) is 1.27. The summed E-state index contributed by atoms with van der Waals surface area (Å²) in [6.45, 7) is 0. The van der Waals surface area contributed by atoms with Gasteiger partial charge in [0.2, 0.25) is 5.91 Å². The molecule has 0 saturated carbocycles. The van der Waals surface area contributed by atoms with Gasteiger partial charge in [0.15, 0.2) is 0 Å². The molecule has 0 spiro atoms. The number of rotatable bonds is 4. The molecule has 1 aromatic carbocycles. The van der Waals surface area contributed by atoms with Crippen molar-refractivity contribution in [3.63, 3.8) is 0 Å². The summed E-state index contributed by atoms with van der Waals surface area (Å²) in [6.07, 6.45) is -6.63. The second-order valence-corrected chi connectivity index (χ2v) is 3.66. The molecule has 4 nitrogen and oxygen atoms in total. The zero-order valence-corrected chi connectivity index (χ0v) is 9.42. The summed E-state index contributed by atoms with van der Waals surface area (Å²) in [6, 6.07) is 2.54. The number of amides is 1. The minimum Gasteiger partial charge on any atom is -0.478 e. The minimum atomic E-state index is -4.48. The summed E-state index contributed by atoms with van der Waals surface area (Å²) in [5, 5.41) is 10.8. The number of hydrogen-bond acceptors (Lipinski definition) is 2. The zero-order valence-electron chi connectivity index (χ0n) is 9.42. The fourth-order valence-electron chi connectivity index (χ4n) is 1.27. The molecular formula is C11H9F4NO3. The van der Waals surface area contributed by atoms with Crippen molar-refractivity contribution < 1.29 is 32.3 Å². The Bertz CT molecular complexity index is 499. The topological polar surface area (TPSA) is 66.4 Å². The van der Waals surface area contributed by atoms with Gasteiger partial charge < -0.3 is 10.4 Å². The monoisotopic (exact) mass is 279 g/mol. The second-order valence-electron chi connectivity index (χ2n) is 3.66. The highest BCUT2D eigenvalue weighted by molar-refractivity contribution is 6.00. The van der Waals surface area contributed by atoms with Crippen LogP contribution in [0.15, 0.2) is 18.2 Å². The molecule has 0 heterocycles. The maximum absolute atomic E-state index is 12.8. The first-order valence-electron chi connectivity index (χ1n) is 5.08. The van der Waals surface area contributed by atoms with Crippen molar-refractivity contribution in [3.05, 3.63) is 29.6 Å². The summed E-state index contributed by atoms with van der Waals surface area (Å²) < 4.78 is 48.5. The predicted molar refractivity (Wildman–Crippen MR) is 57.3 cm³/mol. The van der Waals surface area contributed by atoms with Crippen molar-refractivity contribution >= 4 is 17.6 Å². The van der Waals surface area contributed by atoms with E-state index in [1.54, 1.807) is 0 Å². The average molecular weight is 279 g/mol. The number of halogens is 4. The van der Waals surface area contributed by atoms with Crippen LogP contribution in [0.1, 0.15) is 23.2 Å². The molecule has 0 saturated heterocycles. The van der Waals surface area contributed by atoms with Crippen LogP contribution in [0.4, 0.5) is 23.2 Å². The molecule has 0 aromatic heterocycles. The largest absolute Gasteiger partial charge is 0.478 e. The Morgan fingerprint density at radius 3 is 2.42 bits per heavy atom. The molecule has 0 aliphatic heterocycles. The number of alkyl halides is 3. The smallest absolute Gasteiger partial charge is 0.389 e. The van der Waals surface area contributed by atoms with Crippen molar-refractivity contribution in [1.29, 1.82) is 0 Å². The van der Waals surface area contributed by atoms with Crippen LogP contribution in [0.5, 0.6) is 0 Å². The van der Waals surface area contributed by atoms with Crippen molar-refractivity contribution in [2.24, 2.45) is 0 Å². The number of carboxylic acids is 1. The van der Waals surface area contributed by atoms with Crippen molar-refractivity contribution in [1.82, 2.24) is 0 Å². The van der Waals surface area contributed by atoms with Gasteiger partial charge in [0.1, 0.15) is 5.82 Å². The van der Waals surface area contributed by atoms with Gasteiger partial charge >= 0.3 is 12.1 Å². The first-order valence-corrected chi connectivity index (χ1v) is 5.08. The van der Waals surface area contributed by atoms with E-state index in [4.69, 9.17) is 5.11 Å². The van der Waals surface area contributed by atoms with Gasteiger partial charge in [-0.25, -0.2) is 9.18 Å². The Balaban J connectivity index is 2.77. The van der Waals surface area contributed by atoms with E-state index in [0.717, 1.165) is 12.1 Å². The van der Waals surface area contributed by atoms with E-state index in [2.05, 4.69) is 0 Å². The lowest BCUT2D eigenvalue weighted by atomic mass is 10.1. The Morgan fingerprint density at radius 1 is 1.26 bits per heavy atom. The van der Waals surface area contributed by atoms with Gasteiger partial charge in [-0.05, 0) is 18.2 Å². The Kier molecular flexibility index (Phi) is 4.47. The normalized spacial score (nSPS) is 11.2. The first kappa shape index (κ1) is 14.9. The summed E-state index contributed by atoms with van der Waals surface area (Å²) in [4.78, 5) is 22.0. The molecule has 0 atom stereocenters. The maximum Gasteiger partial charge on any atom is 0.389 e. The van der Waals surface area contributed by atoms with Crippen molar-refractivity contribution in [2.75, 3.05) is 5.32 Å². The van der Waals surface area contributed by atoms with E-state index in [1.165, 1.54) is 0 Å². The van der Waals surface area contributed by atoms with E-state index in [-0.39, 0.29) is 5.69 Å². The summed E-state index contributed by atoms with van der Waals surface area (Å²) >= 11 is 0. The molecule has 1 amide bonds. The third-order valence-corrected chi connectivity index (χ3v) is 2.12. The molecule has 1 rings (SSSR count). The third-order valence-electron chi connectivity index (χ3n) is 2.12. The van der Waals surface area contributed by atoms with Gasteiger partial charge in [-0.1, -0.05) is 0 Å². The van der Waals surface area contributed by atoms with Gasteiger partial charge in [0.05, 0.1) is 17.7 Å². The highest BCUT2D eigenvalue weighted by Crippen LogP contribution is 2.22. The van der Waals surface area contributed by atoms with Gasteiger partial charge in [-0.3, -0.25) is 4.79 Å². The highest BCUT2D eigenvalue weighted by Gasteiger charge is 2.28. The molecule has 104 valence electrons. The quantitative estimate of drug-likeness (QED) is 0.833. The Labute approximate surface area is 105 Å². The number of carboxylic acid groups (broad SMARTS) is 1. The second kappa shape index (κ2) is 5.68. The molecule has 0 aliphatic rings. The highest BCUT2D eigenvalue weighted by atomic mass is 19.4. The van der Waals surface area contributed by atoms with Gasteiger partial charge in [-0.15, -0.1) is 0 Å². The third kappa shape index (κ3) is 4.94. The van der Waals surface area contributed by atoms with Crippen LogP contribution in [0.3, 0.4) is 0 Å². The van der Waals surface area contributed by atoms with E-state index >= 15 is 0 Å². The summed E-state index contributed by atoms with van der Waals surface area (Å²) in [5.74, 6) is -3.32. The van der Waals surface area contributed by atoms with Crippen molar-refractivity contribution in [2.45, 2.75) is 19.0 Å². The van der Waals surface area contributed by atoms with Crippen LogP contribution in [-0.2, 0) is 4.79 Å². The van der Waals surface area contributed by atoms with E-state index < -0.39 is 42.3 Å². The molecule has 19 heavy (non-hydrogen) atoms. The molecule has 0 aliphatic carbocycles. The molecule has 0 radical (unpaired) electrons. The van der Waals surface area contributed by atoms with Crippen molar-refractivity contribution in [3.8, 4) is 0 Å². The summed E-state index contributed by atoms with van der Waals surface area (Å²) in [7, 11) is 0. The lowest BCUT2D eigenvalue weighted by Crippen LogP contribution is -2.18. The van der Waals surface area contributed by atoms with Crippen LogP contribution in [0.2, 0.25) is 0 Å². The zero-order chi connectivity index (χ0) is 14.6. The molecule has 0 unspecified atom stereocenters. The maximum atomic E-state index is 12.8. The van der Waals surface area contributed by atoms with Crippen LogP contribution in [0.25, 0.3) is 0 Å². The Morgan fingerprint density at radius 2 is 1.89 bits per heavy atom. The van der Waals surface area contributed by atoms with E-state index in [9.17, 15) is 27.2 Å². The Hall–Kier alpha value is -2.12. The molecule has 1 aromatic rings. The number of carbonyl (C=O) groups excluding carboxylic acids is 1. The average Bonchev–Trinajstić information content (AvgIpc) is 2.28. The van der Waals surface area contributed by atoms with E-state index in [1.807, 2.05) is 5.32 Å². The van der Waals surface area contributed by atoms with Crippen LogP contribution < -0.4 is 5.32 Å². The SMILES string of the molecule is O=C(CCC(F)(F)F)Nc1ccc(F)cc1C(=O)O. The first-order chi connectivity index (χ1) is 8.69. The number of anilines is 1. The number of nitrogens with one attached hydrogen (secondary N) is 1. The van der Waals surface area contributed by atoms with Crippen LogP contribution in [0, 0.1) is 5.82 Å². The predicted octanol–water partition coefficient (Wildman–Crippen LogP) is 2.80. The van der Waals surface area contributed by atoms with Gasteiger partial charge in [-0.2, -0.15) is 13.2 Å². The van der Waals surface area contributed by atoms with Crippen LogP contribution >= 0.6 is 0 Å². The lowest BCUT2D eigenvalue weighted by molar-refractivity contribution is -0.142. The standard InChI is InChI=1S/C11H9F4NO3/c12-6-1-2-8(7(5-6)10(18)19)16-9(17)3-4-11(13,14)15/h1-2,5H,3-4H2,(H,16,17)(H,18,19). The number of aromatic carboxylic acids is 1. The number of benzene rings is 1. The van der Waals surface area contributed by atoms with Crippen LogP contribution in [-0.4, -0.2) is 23.2 Å². The molecule has 2 N–H and O–H groups in total. The molecule has 0 fully saturated rings. The van der Waals surface area contributed by atoms with E-state index in [0.29, 0.717) is 6.07 Å². The molecule has 8 heteroatoms. The van der Waals surface area contributed by atoms with Gasteiger partial charge in [0.25, 0.3) is 0 Å². The number of carbonyl (C=O) groups is 2. The van der Waals surface area contributed by atoms with Gasteiger partial charge in [0, 0.05) is 6.42 Å². The number of hydrogen-bond donors (Lipinski definition) is 2. The summed E-state index contributed by atoms with van der Waals surface area (Å²) in [5.41, 5.74) is -0.776. The molecular weight excluding hydrogens is 270 g/mol. The lowest BCUT2D eigenvalue weighted by Gasteiger charge is -2.09.